The van der Waals surface area contributed by atoms with Crippen LogP contribution >= 0.6 is 11.8 Å². The fraction of sp³-hybridized carbons (Fsp3) is 0.280. The van der Waals surface area contributed by atoms with E-state index in [1.165, 1.54) is 11.8 Å². The number of aryl methyl sites for hydroxylation is 1. The summed E-state index contributed by atoms with van der Waals surface area (Å²) in [6.07, 6.45) is 0. The number of amides is 2. The fourth-order valence-electron chi connectivity index (χ4n) is 3.28. The van der Waals surface area contributed by atoms with E-state index in [4.69, 9.17) is 9.47 Å². The van der Waals surface area contributed by atoms with Crippen molar-refractivity contribution in [3.63, 3.8) is 0 Å². The van der Waals surface area contributed by atoms with Crippen LogP contribution in [0.25, 0.3) is 5.69 Å². The van der Waals surface area contributed by atoms with Gasteiger partial charge in [0.25, 0.3) is 5.91 Å². The standard InChI is InChI=1S/C25H28N4O5S/c1-17-24(18(2)29(28-17)19-9-5-4-6-10-19)27-22(30)15-34-25(32)20-11-7-8-12-21(20)35-16-23(31)26-13-14-33-3/h4-12H,13-16H2,1-3H3,(H,26,31)(H,27,30). The van der Waals surface area contributed by atoms with Crippen molar-refractivity contribution in [3.05, 3.63) is 71.5 Å². The summed E-state index contributed by atoms with van der Waals surface area (Å²) < 4.78 is 11.9. The molecule has 184 valence electrons. The Hall–Kier alpha value is -3.63. The van der Waals surface area contributed by atoms with Crippen LogP contribution in [0, 0.1) is 13.8 Å². The normalized spacial score (nSPS) is 10.6. The summed E-state index contributed by atoms with van der Waals surface area (Å²) in [4.78, 5) is 37.7. The Morgan fingerprint density at radius 1 is 1.00 bits per heavy atom. The number of hydrogen-bond donors (Lipinski definition) is 2. The molecule has 0 aliphatic heterocycles. The van der Waals surface area contributed by atoms with Gasteiger partial charge >= 0.3 is 5.97 Å². The first kappa shape index (κ1) is 26.0. The Morgan fingerprint density at radius 2 is 1.71 bits per heavy atom. The van der Waals surface area contributed by atoms with Crippen molar-refractivity contribution < 1.29 is 23.9 Å². The number of ether oxygens (including phenoxy) is 2. The lowest BCUT2D eigenvalue weighted by atomic mass is 10.2. The van der Waals surface area contributed by atoms with E-state index in [-0.39, 0.29) is 11.7 Å². The first-order chi connectivity index (χ1) is 16.9. The Balaban J connectivity index is 1.57. The Morgan fingerprint density at radius 3 is 2.46 bits per heavy atom. The molecule has 2 amide bonds. The van der Waals surface area contributed by atoms with Gasteiger partial charge in [-0.25, -0.2) is 9.48 Å². The van der Waals surface area contributed by atoms with Crippen LogP contribution in [0.2, 0.25) is 0 Å². The molecule has 0 radical (unpaired) electrons. The summed E-state index contributed by atoms with van der Waals surface area (Å²) in [6.45, 7) is 4.04. The number of methoxy groups -OCH3 is 1. The number of rotatable bonds is 11. The molecule has 0 spiro atoms. The lowest BCUT2D eigenvalue weighted by Crippen LogP contribution is -2.28. The van der Waals surface area contributed by atoms with Crippen molar-refractivity contribution in [1.29, 1.82) is 0 Å². The molecule has 0 unspecified atom stereocenters. The van der Waals surface area contributed by atoms with Gasteiger partial charge in [0.2, 0.25) is 5.91 Å². The Kier molecular flexibility index (Phi) is 9.45. The van der Waals surface area contributed by atoms with Gasteiger partial charge in [-0.1, -0.05) is 30.3 Å². The molecule has 0 saturated heterocycles. The molecule has 0 fully saturated rings. The van der Waals surface area contributed by atoms with Gasteiger partial charge in [-0.05, 0) is 38.1 Å². The zero-order valence-corrected chi connectivity index (χ0v) is 20.7. The third kappa shape index (κ3) is 7.17. The molecular weight excluding hydrogens is 468 g/mol. The predicted octanol–water partition coefficient (Wildman–Crippen LogP) is 3.14. The maximum absolute atomic E-state index is 12.7. The molecule has 0 saturated carbocycles. The molecule has 0 bridgehead atoms. The first-order valence-corrected chi connectivity index (χ1v) is 12.0. The van der Waals surface area contributed by atoms with Crippen LogP contribution in [0.1, 0.15) is 21.7 Å². The molecule has 3 rings (SSSR count). The number of nitrogens with one attached hydrogen (secondary N) is 2. The molecule has 0 aliphatic carbocycles. The van der Waals surface area contributed by atoms with Crippen LogP contribution in [0.15, 0.2) is 59.5 Å². The molecule has 0 aliphatic rings. The van der Waals surface area contributed by atoms with Crippen LogP contribution in [-0.2, 0) is 19.1 Å². The van der Waals surface area contributed by atoms with Crippen LogP contribution in [0.4, 0.5) is 5.69 Å². The highest BCUT2D eigenvalue weighted by atomic mass is 32.2. The summed E-state index contributed by atoms with van der Waals surface area (Å²) in [7, 11) is 1.56. The van der Waals surface area contributed by atoms with Crippen molar-refractivity contribution in [3.8, 4) is 5.69 Å². The van der Waals surface area contributed by atoms with Gasteiger partial charge in [0.15, 0.2) is 6.61 Å². The van der Waals surface area contributed by atoms with Crippen molar-refractivity contribution in [1.82, 2.24) is 15.1 Å². The zero-order valence-electron chi connectivity index (χ0n) is 19.9. The minimum Gasteiger partial charge on any atom is -0.452 e. The van der Waals surface area contributed by atoms with E-state index < -0.39 is 18.5 Å². The Bertz CT molecular complexity index is 1180. The van der Waals surface area contributed by atoms with Gasteiger partial charge in [0.05, 0.1) is 40.7 Å². The lowest BCUT2D eigenvalue weighted by molar-refractivity contribution is -0.119. The number of para-hydroxylation sites is 1. The van der Waals surface area contributed by atoms with Crippen LogP contribution in [0.3, 0.4) is 0 Å². The molecule has 2 N–H and O–H groups in total. The first-order valence-electron chi connectivity index (χ1n) is 11.0. The van der Waals surface area contributed by atoms with Crippen molar-refractivity contribution in [2.24, 2.45) is 0 Å². The summed E-state index contributed by atoms with van der Waals surface area (Å²) >= 11 is 1.22. The second kappa shape index (κ2) is 12.7. The molecule has 1 aromatic heterocycles. The molecule has 1 heterocycles. The molecule has 9 nitrogen and oxygen atoms in total. The number of hydrogen-bond acceptors (Lipinski definition) is 7. The van der Waals surface area contributed by atoms with Gasteiger partial charge in [0.1, 0.15) is 0 Å². The number of carbonyl (C=O) groups excluding carboxylic acids is 3. The highest BCUT2D eigenvalue weighted by Gasteiger charge is 2.18. The largest absolute Gasteiger partial charge is 0.452 e. The highest BCUT2D eigenvalue weighted by molar-refractivity contribution is 8.00. The van der Waals surface area contributed by atoms with E-state index in [9.17, 15) is 14.4 Å². The SMILES string of the molecule is COCCNC(=O)CSc1ccccc1C(=O)OCC(=O)Nc1c(C)nn(-c2ccccc2)c1C. The molecule has 10 heteroatoms. The number of anilines is 1. The van der Waals surface area contributed by atoms with E-state index >= 15 is 0 Å². The van der Waals surface area contributed by atoms with Gasteiger partial charge in [-0.2, -0.15) is 5.10 Å². The number of aromatic nitrogens is 2. The van der Waals surface area contributed by atoms with E-state index in [0.29, 0.717) is 35.0 Å². The number of thioether (sulfide) groups is 1. The van der Waals surface area contributed by atoms with E-state index in [1.807, 2.05) is 37.3 Å². The van der Waals surface area contributed by atoms with Gasteiger partial charge in [-0.15, -0.1) is 11.8 Å². The zero-order chi connectivity index (χ0) is 25.2. The maximum atomic E-state index is 12.7. The molecule has 3 aromatic rings. The molecule has 0 atom stereocenters. The van der Waals surface area contributed by atoms with Crippen LogP contribution in [0.5, 0.6) is 0 Å². The van der Waals surface area contributed by atoms with Gasteiger partial charge < -0.3 is 20.1 Å². The summed E-state index contributed by atoms with van der Waals surface area (Å²) in [6, 6.07) is 16.4. The van der Waals surface area contributed by atoms with Crippen LogP contribution < -0.4 is 10.6 Å². The monoisotopic (exact) mass is 496 g/mol. The highest BCUT2D eigenvalue weighted by Crippen LogP contribution is 2.24. The molecule has 2 aromatic carbocycles. The number of benzene rings is 2. The maximum Gasteiger partial charge on any atom is 0.339 e. The van der Waals surface area contributed by atoms with Crippen molar-refractivity contribution in [2.45, 2.75) is 18.7 Å². The van der Waals surface area contributed by atoms with Gasteiger partial charge in [0, 0.05) is 18.6 Å². The average Bonchev–Trinajstić information content (AvgIpc) is 3.15. The van der Waals surface area contributed by atoms with Gasteiger partial charge in [-0.3, -0.25) is 9.59 Å². The number of nitrogens with zero attached hydrogens (tertiary/aromatic N) is 2. The molecular formula is C25H28N4O5S. The topological polar surface area (TPSA) is 112 Å². The number of esters is 1. The lowest BCUT2D eigenvalue weighted by Gasteiger charge is -2.10. The van der Waals surface area contributed by atoms with Crippen molar-refractivity contribution >= 4 is 35.2 Å². The summed E-state index contributed by atoms with van der Waals surface area (Å²) in [5.41, 5.74) is 3.15. The second-order valence-electron chi connectivity index (χ2n) is 7.55. The Labute approximate surface area is 208 Å². The second-order valence-corrected chi connectivity index (χ2v) is 8.56. The van der Waals surface area contributed by atoms with E-state index in [0.717, 1.165) is 11.4 Å². The predicted molar refractivity (Wildman–Crippen MR) is 134 cm³/mol. The van der Waals surface area contributed by atoms with Crippen LogP contribution in [-0.4, -0.2) is 60.2 Å². The molecule has 35 heavy (non-hydrogen) atoms. The number of carbonyl (C=O) groups is 3. The quantitative estimate of drug-likeness (QED) is 0.238. The smallest absolute Gasteiger partial charge is 0.339 e. The summed E-state index contributed by atoms with van der Waals surface area (Å²) in [5.74, 6) is -1.15. The average molecular weight is 497 g/mol. The third-order valence-corrected chi connectivity index (χ3v) is 6.06. The fourth-order valence-corrected chi connectivity index (χ4v) is 4.15. The van der Waals surface area contributed by atoms with E-state index in [1.54, 1.807) is 43.0 Å². The summed E-state index contributed by atoms with van der Waals surface area (Å²) in [5, 5.41) is 10.0. The minimum atomic E-state index is -0.642. The van der Waals surface area contributed by atoms with Crippen molar-refractivity contribution in [2.75, 3.05) is 37.9 Å². The van der Waals surface area contributed by atoms with E-state index in [2.05, 4.69) is 15.7 Å². The minimum absolute atomic E-state index is 0.137. The third-order valence-electron chi connectivity index (χ3n) is 4.98.